The topological polar surface area (TPSA) is 40.6 Å². The molecule has 4 nitrogen and oxygen atoms in total. The van der Waals surface area contributed by atoms with E-state index in [1.807, 2.05) is 11.8 Å². The second-order valence-corrected chi connectivity index (χ2v) is 7.07. The Morgan fingerprint density at radius 3 is 2.46 bits per heavy atom. The van der Waals surface area contributed by atoms with Crippen molar-refractivity contribution in [2.75, 3.05) is 20.1 Å². The molecule has 1 saturated heterocycles. The zero-order valence-corrected chi connectivity index (χ0v) is 14.4. The summed E-state index contributed by atoms with van der Waals surface area (Å²) >= 11 is 0. The lowest BCUT2D eigenvalue weighted by Gasteiger charge is -2.36. The highest BCUT2D eigenvalue weighted by atomic mass is 19.1. The van der Waals surface area contributed by atoms with Gasteiger partial charge >= 0.3 is 0 Å². The van der Waals surface area contributed by atoms with Crippen molar-refractivity contribution >= 4 is 11.8 Å². The summed E-state index contributed by atoms with van der Waals surface area (Å²) in [5.74, 6) is 0.0902. The van der Waals surface area contributed by atoms with Gasteiger partial charge in [-0.05, 0) is 50.3 Å². The van der Waals surface area contributed by atoms with E-state index in [1.165, 1.54) is 12.1 Å². The van der Waals surface area contributed by atoms with Gasteiger partial charge in [-0.2, -0.15) is 0 Å². The first-order valence-corrected chi connectivity index (χ1v) is 8.78. The molecule has 0 N–H and O–H groups in total. The van der Waals surface area contributed by atoms with Crippen molar-refractivity contribution in [2.45, 2.75) is 38.6 Å². The summed E-state index contributed by atoms with van der Waals surface area (Å²) in [6.07, 6.45) is 3.70. The monoisotopic (exact) mass is 332 g/mol. The standard InChI is InChI=1S/C19H25FN2O2/c1-13(14-7-9-17(20)10-8-14)21(2)18(23)16-4-3-11-22(12-16)19(24)15-5-6-15/h7-10,13,15-16H,3-6,11-12H2,1-2H3/t13-,16+/m1/s1. The molecular formula is C19H25FN2O2. The molecule has 0 aromatic heterocycles. The number of benzene rings is 1. The lowest BCUT2D eigenvalue weighted by Crippen LogP contribution is -2.46. The summed E-state index contributed by atoms with van der Waals surface area (Å²) < 4.78 is 13.1. The van der Waals surface area contributed by atoms with Crippen molar-refractivity contribution in [2.24, 2.45) is 11.8 Å². The molecule has 0 bridgehead atoms. The van der Waals surface area contributed by atoms with E-state index in [0.717, 1.165) is 37.8 Å². The highest BCUT2D eigenvalue weighted by Crippen LogP contribution is 2.33. The molecule has 24 heavy (non-hydrogen) atoms. The number of carbonyl (C=O) groups excluding carboxylic acids is 2. The average molecular weight is 332 g/mol. The van der Waals surface area contributed by atoms with Gasteiger partial charge in [-0.1, -0.05) is 12.1 Å². The lowest BCUT2D eigenvalue weighted by molar-refractivity contribution is -0.141. The third-order valence-corrected chi connectivity index (χ3v) is 5.29. The van der Waals surface area contributed by atoms with Crippen LogP contribution in [0.15, 0.2) is 24.3 Å². The summed E-state index contributed by atoms with van der Waals surface area (Å²) in [5, 5.41) is 0. The Hall–Kier alpha value is -1.91. The summed E-state index contributed by atoms with van der Waals surface area (Å²) in [4.78, 5) is 28.7. The maximum absolute atomic E-state index is 13.1. The number of amides is 2. The van der Waals surface area contributed by atoms with Crippen molar-refractivity contribution in [1.29, 1.82) is 0 Å². The fraction of sp³-hybridized carbons (Fsp3) is 0.579. The second kappa shape index (κ2) is 6.91. The molecule has 1 aromatic carbocycles. The lowest BCUT2D eigenvalue weighted by atomic mass is 9.95. The molecular weight excluding hydrogens is 307 g/mol. The summed E-state index contributed by atoms with van der Waals surface area (Å²) in [7, 11) is 1.79. The molecule has 1 aliphatic heterocycles. The molecule has 2 aliphatic rings. The molecule has 0 unspecified atom stereocenters. The molecule has 1 saturated carbocycles. The number of hydrogen-bond donors (Lipinski definition) is 0. The number of likely N-dealkylation sites (tertiary alicyclic amines) is 1. The predicted octanol–water partition coefficient (Wildman–Crippen LogP) is 2.99. The van der Waals surface area contributed by atoms with E-state index in [1.54, 1.807) is 24.1 Å². The van der Waals surface area contributed by atoms with Gasteiger partial charge in [0.1, 0.15) is 5.82 Å². The SMILES string of the molecule is C[C@H](c1ccc(F)cc1)N(C)C(=O)[C@H]1CCCN(C(=O)C2CC2)C1. The van der Waals surface area contributed by atoms with Crippen molar-refractivity contribution < 1.29 is 14.0 Å². The predicted molar refractivity (Wildman–Crippen MR) is 89.6 cm³/mol. The Morgan fingerprint density at radius 1 is 1.17 bits per heavy atom. The minimum Gasteiger partial charge on any atom is -0.342 e. The number of piperidine rings is 1. The first-order valence-electron chi connectivity index (χ1n) is 8.78. The molecule has 0 radical (unpaired) electrons. The number of nitrogens with zero attached hydrogens (tertiary/aromatic N) is 2. The van der Waals surface area contributed by atoms with Gasteiger partial charge in [-0.25, -0.2) is 4.39 Å². The van der Waals surface area contributed by atoms with E-state index in [4.69, 9.17) is 0 Å². The van der Waals surface area contributed by atoms with E-state index in [9.17, 15) is 14.0 Å². The van der Waals surface area contributed by atoms with Crippen LogP contribution < -0.4 is 0 Å². The molecule has 5 heteroatoms. The highest BCUT2D eigenvalue weighted by molar-refractivity contribution is 5.83. The second-order valence-electron chi connectivity index (χ2n) is 7.07. The van der Waals surface area contributed by atoms with Gasteiger partial charge in [0.15, 0.2) is 0 Å². The normalized spacial score (nSPS) is 22.1. The quantitative estimate of drug-likeness (QED) is 0.850. The average Bonchev–Trinajstić information content (AvgIpc) is 3.45. The van der Waals surface area contributed by atoms with E-state index < -0.39 is 0 Å². The molecule has 0 spiro atoms. The summed E-state index contributed by atoms with van der Waals surface area (Å²) in [6.45, 7) is 3.26. The van der Waals surface area contributed by atoms with Gasteiger partial charge in [0.2, 0.25) is 11.8 Å². The fourth-order valence-electron chi connectivity index (χ4n) is 3.41. The number of carbonyl (C=O) groups is 2. The smallest absolute Gasteiger partial charge is 0.227 e. The Morgan fingerprint density at radius 2 is 1.83 bits per heavy atom. The van der Waals surface area contributed by atoms with Crippen molar-refractivity contribution in [3.8, 4) is 0 Å². The van der Waals surface area contributed by atoms with Crippen LogP contribution in [0, 0.1) is 17.7 Å². The maximum Gasteiger partial charge on any atom is 0.227 e. The van der Waals surface area contributed by atoms with Gasteiger partial charge in [0, 0.05) is 26.1 Å². The van der Waals surface area contributed by atoms with Crippen LogP contribution in [-0.2, 0) is 9.59 Å². The van der Waals surface area contributed by atoms with Crippen LogP contribution in [0.4, 0.5) is 4.39 Å². The van der Waals surface area contributed by atoms with E-state index in [2.05, 4.69) is 0 Å². The van der Waals surface area contributed by atoms with Gasteiger partial charge in [0.05, 0.1) is 12.0 Å². The van der Waals surface area contributed by atoms with E-state index in [-0.39, 0.29) is 35.5 Å². The summed E-state index contributed by atoms with van der Waals surface area (Å²) in [5.41, 5.74) is 0.911. The molecule has 3 rings (SSSR count). The van der Waals surface area contributed by atoms with Crippen LogP contribution >= 0.6 is 0 Å². The van der Waals surface area contributed by atoms with Crippen LogP contribution in [0.25, 0.3) is 0 Å². The fourth-order valence-corrected chi connectivity index (χ4v) is 3.41. The zero-order valence-electron chi connectivity index (χ0n) is 14.4. The van der Waals surface area contributed by atoms with Gasteiger partial charge in [-0.3, -0.25) is 9.59 Å². The Balaban J connectivity index is 1.63. The van der Waals surface area contributed by atoms with Crippen LogP contribution in [0.3, 0.4) is 0 Å². The number of hydrogen-bond acceptors (Lipinski definition) is 2. The third-order valence-electron chi connectivity index (χ3n) is 5.29. The number of rotatable bonds is 4. The van der Waals surface area contributed by atoms with Gasteiger partial charge < -0.3 is 9.80 Å². The first kappa shape index (κ1) is 16.9. The van der Waals surface area contributed by atoms with Crippen molar-refractivity contribution in [3.05, 3.63) is 35.6 Å². The van der Waals surface area contributed by atoms with Crippen LogP contribution in [0.2, 0.25) is 0 Å². The largest absolute Gasteiger partial charge is 0.342 e. The maximum atomic E-state index is 13.1. The first-order chi connectivity index (χ1) is 11.5. The molecule has 1 heterocycles. The molecule has 130 valence electrons. The van der Waals surface area contributed by atoms with E-state index in [0.29, 0.717) is 6.54 Å². The molecule has 1 aromatic rings. The molecule has 2 atom stereocenters. The van der Waals surface area contributed by atoms with Crippen LogP contribution in [-0.4, -0.2) is 41.8 Å². The van der Waals surface area contributed by atoms with E-state index >= 15 is 0 Å². The van der Waals surface area contributed by atoms with Crippen molar-refractivity contribution in [1.82, 2.24) is 9.80 Å². The Labute approximate surface area is 142 Å². The number of halogens is 1. The highest BCUT2D eigenvalue weighted by Gasteiger charge is 2.37. The summed E-state index contributed by atoms with van der Waals surface area (Å²) in [6, 6.07) is 6.15. The minimum absolute atomic E-state index is 0.0696. The molecule has 1 aliphatic carbocycles. The Kier molecular flexibility index (Phi) is 4.88. The van der Waals surface area contributed by atoms with Gasteiger partial charge in [0.25, 0.3) is 0 Å². The molecule has 2 fully saturated rings. The zero-order chi connectivity index (χ0) is 17.3. The van der Waals surface area contributed by atoms with Gasteiger partial charge in [-0.15, -0.1) is 0 Å². The van der Waals surface area contributed by atoms with Crippen LogP contribution in [0.1, 0.15) is 44.2 Å². The third kappa shape index (κ3) is 3.60. The molecule has 2 amide bonds. The van der Waals surface area contributed by atoms with Crippen molar-refractivity contribution in [3.63, 3.8) is 0 Å². The van der Waals surface area contributed by atoms with Crippen LogP contribution in [0.5, 0.6) is 0 Å². The Bertz CT molecular complexity index is 612. The minimum atomic E-state index is -0.276.